The van der Waals surface area contributed by atoms with Crippen LogP contribution in [0.4, 0.5) is 11.4 Å². The fourth-order valence-electron chi connectivity index (χ4n) is 5.15. The number of rotatable bonds is 11. The molecule has 1 aliphatic heterocycles. The van der Waals surface area contributed by atoms with E-state index in [0.717, 1.165) is 70.3 Å². The summed E-state index contributed by atoms with van der Waals surface area (Å²) in [5, 5.41) is 12.9. The predicted octanol–water partition coefficient (Wildman–Crippen LogP) is 5.39. The third kappa shape index (κ3) is 6.08. The average Bonchev–Trinajstić information content (AvgIpc) is 3.53. The van der Waals surface area contributed by atoms with E-state index in [2.05, 4.69) is 79.2 Å². The molecule has 39 heavy (non-hydrogen) atoms. The van der Waals surface area contributed by atoms with Crippen molar-refractivity contribution >= 4 is 33.3 Å². The van der Waals surface area contributed by atoms with E-state index in [1.165, 1.54) is 5.56 Å². The molecule has 4 aromatic rings. The smallest absolute Gasteiger partial charge is 0.329 e. The Kier molecular flexibility index (Phi) is 8.15. The minimum absolute atomic E-state index is 0.254. The quantitative estimate of drug-likeness (QED) is 0.231. The van der Waals surface area contributed by atoms with Gasteiger partial charge in [-0.05, 0) is 72.1 Å². The SMILES string of the molecule is Cc1ccc(-c2c(C)noc2C)cc1N(CC1CN(CCOCC(=O)O)C1)c1ccc(-n2ccnc2)c(Br)c1. The van der Waals surface area contributed by atoms with E-state index < -0.39 is 5.97 Å². The van der Waals surface area contributed by atoms with Crippen LogP contribution < -0.4 is 4.90 Å². The lowest BCUT2D eigenvalue weighted by molar-refractivity contribution is -0.142. The Labute approximate surface area is 236 Å². The first kappa shape index (κ1) is 27.1. The van der Waals surface area contributed by atoms with E-state index in [-0.39, 0.29) is 6.61 Å². The lowest BCUT2D eigenvalue weighted by atomic mass is 9.97. The average molecular weight is 595 g/mol. The van der Waals surface area contributed by atoms with Crippen molar-refractivity contribution in [2.24, 2.45) is 5.92 Å². The molecule has 1 N–H and O–H groups in total. The fourth-order valence-corrected chi connectivity index (χ4v) is 5.73. The molecule has 204 valence electrons. The Morgan fingerprint density at radius 2 is 2.03 bits per heavy atom. The van der Waals surface area contributed by atoms with Crippen LogP contribution in [-0.4, -0.2) is 70.1 Å². The highest BCUT2D eigenvalue weighted by Gasteiger charge is 2.29. The summed E-state index contributed by atoms with van der Waals surface area (Å²) < 4.78 is 13.6. The van der Waals surface area contributed by atoms with Crippen LogP contribution in [-0.2, 0) is 9.53 Å². The van der Waals surface area contributed by atoms with E-state index in [1.54, 1.807) is 12.5 Å². The first-order chi connectivity index (χ1) is 18.8. The second kappa shape index (κ2) is 11.7. The summed E-state index contributed by atoms with van der Waals surface area (Å²) in [4.78, 5) is 19.6. The van der Waals surface area contributed by atoms with Gasteiger partial charge in [-0.3, -0.25) is 0 Å². The Morgan fingerprint density at radius 1 is 1.21 bits per heavy atom. The Morgan fingerprint density at radius 3 is 2.69 bits per heavy atom. The summed E-state index contributed by atoms with van der Waals surface area (Å²) in [7, 11) is 0. The van der Waals surface area contributed by atoms with Crippen molar-refractivity contribution in [3.05, 3.63) is 76.6 Å². The maximum absolute atomic E-state index is 10.7. The monoisotopic (exact) mass is 593 g/mol. The summed E-state index contributed by atoms with van der Waals surface area (Å²) in [6.45, 7) is 9.67. The summed E-state index contributed by atoms with van der Waals surface area (Å²) in [6, 6.07) is 12.9. The van der Waals surface area contributed by atoms with Gasteiger partial charge in [0.2, 0.25) is 0 Å². The number of carboxylic acid groups (broad SMARTS) is 1. The fraction of sp³-hybridized carbons (Fsp3) is 0.345. The largest absolute Gasteiger partial charge is 0.480 e. The van der Waals surface area contributed by atoms with E-state index >= 15 is 0 Å². The molecule has 2 aromatic carbocycles. The molecule has 3 heterocycles. The minimum Gasteiger partial charge on any atom is -0.480 e. The van der Waals surface area contributed by atoms with Crippen molar-refractivity contribution in [1.82, 2.24) is 19.6 Å². The Balaban J connectivity index is 1.42. The van der Waals surface area contributed by atoms with Gasteiger partial charge in [-0.1, -0.05) is 17.3 Å². The highest BCUT2D eigenvalue weighted by molar-refractivity contribution is 9.10. The second-order valence-corrected chi connectivity index (χ2v) is 10.8. The van der Waals surface area contributed by atoms with E-state index in [0.29, 0.717) is 12.5 Å². The zero-order chi connectivity index (χ0) is 27.5. The Bertz CT molecular complexity index is 1430. The maximum atomic E-state index is 10.7. The van der Waals surface area contributed by atoms with Crippen LogP contribution in [0.1, 0.15) is 17.0 Å². The summed E-state index contributed by atoms with van der Waals surface area (Å²) >= 11 is 3.79. The van der Waals surface area contributed by atoms with E-state index in [9.17, 15) is 4.79 Å². The first-order valence-corrected chi connectivity index (χ1v) is 13.7. The topological polar surface area (TPSA) is 96.9 Å². The number of hydrogen-bond acceptors (Lipinski definition) is 7. The molecule has 0 bridgehead atoms. The van der Waals surface area contributed by atoms with Crippen LogP contribution in [0, 0.1) is 26.7 Å². The zero-order valence-corrected chi connectivity index (χ0v) is 23.9. The van der Waals surface area contributed by atoms with Crippen LogP contribution in [0.25, 0.3) is 16.8 Å². The van der Waals surface area contributed by atoms with Crippen molar-refractivity contribution < 1.29 is 19.2 Å². The minimum atomic E-state index is -0.938. The zero-order valence-electron chi connectivity index (χ0n) is 22.3. The van der Waals surface area contributed by atoms with Crippen molar-refractivity contribution in [2.45, 2.75) is 20.8 Å². The molecule has 1 fully saturated rings. The molecule has 10 heteroatoms. The van der Waals surface area contributed by atoms with Gasteiger partial charge in [-0.25, -0.2) is 9.78 Å². The summed E-state index contributed by atoms with van der Waals surface area (Å²) in [5.41, 5.74) is 7.42. The molecule has 9 nitrogen and oxygen atoms in total. The first-order valence-electron chi connectivity index (χ1n) is 12.9. The molecule has 0 spiro atoms. The van der Waals surface area contributed by atoms with Gasteiger partial charge in [0.1, 0.15) is 12.4 Å². The van der Waals surface area contributed by atoms with E-state index in [1.807, 2.05) is 24.6 Å². The molecule has 1 aliphatic rings. The van der Waals surface area contributed by atoms with Crippen molar-refractivity contribution in [1.29, 1.82) is 0 Å². The van der Waals surface area contributed by atoms with Crippen molar-refractivity contribution in [2.75, 3.05) is 44.3 Å². The maximum Gasteiger partial charge on any atom is 0.329 e. The van der Waals surface area contributed by atoms with Gasteiger partial charge in [0.25, 0.3) is 0 Å². The molecule has 1 saturated heterocycles. The number of aromatic nitrogens is 3. The number of aryl methyl sites for hydroxylation is 3. The number of likely N-dealkylation sites (tertiary alicyclic amines) is 1. The van der Waals surface area contributed by atoms with Gasteiger partial charge in [0.15, 0.2) is 0 Å². The Hall–Kier alpha value is -3.47. The van der Waals surface area contributed by atoms with E-state index in [4.69, 9.17) is 14.4 Å². The van der Waals surface area contributed by atoms with Crippen LogP contribution in [0.2, 0.25) is 0 Å². The number of imidazole rings is 1. The molecule has 5 rings (SSSR count). The molecule has 0 aliphatic carbocycles. The number of ether oxygens (including phenoxy) is 1. The molecule has 0 radical (unpaired) electrons. The van der Waals surface area contributed by atoms with Gasteiger partial charge in [-0.15, -0.1) is 0 Å². The molecule has 0 saturated carbocycles. The van der Waals surface area contributed by atoms with Crippen LogP contribution in [0.15, 0.2) is 64.1 Å². The molecular weight excluding hydrogens is 562 g/mol. The third-order valence-electron chi connectivity index (χ3n) is 7.10. The van der Waals surface area contributed by atoms with Gasteiger partial charge in [0.05, 0.1) is 24.3 Å². The number of benzene rings is 2. The number of carboxylic acids is 1. The lowest BCUT2D eigenvalue weighted by Gasteiger charge is -2.42. The highest BCUT2D eigenvalue weighted by atomic mass is 79.9. The number of hydrogen-bond donors (Lipinski definition) is 1. The van der Waals surface area contributed by atoms with Crippen molar-refractivity contribution in [3.8, 4) is 16.8 Å². The number of anilines is 2. The number of nitrogens with zero attached hydrogens (tertiary/aromatic N) is 5. The van der Waals surface area contributed by atoms with Crippen LogP contribution >= 0.6 is 15.9 Å². The molecular formula is C29H32BrN5O4. The second-order valence-electron chi connectivity index (χ2n) is 9.99. The summed E-state index contributed by atoms with van der Waals surface area (Å²) in [5.74, 6) is 0.325. The predicted molar refractivity (Wildman–Crippen MR) is 153 cm³/mol. The third-order valence-corrected chi connectivity index (χ3v) is 7.73. The number of carbonyl (C=O) groups is 1. The van der Waals surface area contributed by atoms with Gasteiger partial charge < -0.3 is 28.7 Å². The summed E-state index contributed by atoms with van der Waals surface area (Å²) in [6.07, 6.45) is 5.49. The molecule has 0 unspecified atom stereocenters. The standard InChI is InChI=1S/C29H32BrN5O4/c1-19-4-5-23(29-20(2)32-39-21(29)3)12-27(19)35(16-22-14-33(15-22)10-11-38-17-28(36)37)24-6-7-26(25(30)13-24)34-9-8-31-18-34/h4-9,12-13,18,22H,10-11,14-17H2,1-3H3,(H,36,37). The van der Waals surface area contributed by atoms with Crippen LogP contribution in [0.5, 0.6) is 0 Å². The number of halogens is 1. The lowest BCUT2D eigenvalue weighted by Crippen LogP contribution is -2.51. The molecule has 0 amide bonds. The van der Waals surface area contributed by atoms with Crippen molar-refractivity contribution in [3.63, 3.8) is 0 Å². The van der Waals surface area contributed by atoms with Gasteiger partial charge in [0, 0.05) is 65.9 Å². The normalized spacial score (nSPS) is 13.9. The molecule has 2 aromatic heterocycles. The van der Waals surface area contributed by atoms with Gasteiger partial charge in [-0.2, -0.15) is 0 Å². The van der Waals surface area contributed by atoms with Crippen LogP contribution in [0.3, 0.4) is 0 Å². The highest BCUT2D eigenvalue weighted by Crippen LogP contribution is 2.38. The molecule has 0 atom stereocenters. The number of aliphatic carboxylic acids is 1. The van der Waals surface area contributed by atoms with Gasteiger partial charge >= 0.3 is 5.97 Å².